The van der Waals surface area contributed by atoms with Gasteiger partial charge in [-0.25, -0.2) is 4.98 Å². The largest absolute Gasteiger partial charge is 0.417 e. The normalized spacial score (nSPS) is 26.7. The summed E-state index contributed by atoms with van der Waals surface area (Å²) in [7, 11) is 0. The number of hydrogen-bond donors (Lipinski definition) is 1. The van der Waals surface area contributed by atoms with E-state index in [2.05, 4.69) is 11.6 Å². The summed E-state index contributed by atoms with van der Waals surface area (Å²) >= 11 is 0. The third-order valence-corrected chi connectivity index (χ3v) is 4.53. The average molecular weight is 327 g/mol. The maximum Gasteiger partial charge on any atom is 0.417 e. The van der Waals surface area contributed by atoms with Gasteiger partial charge in [0.05, 0.1) is 11.6 Å². The molecule has 1 unspecified atom stereocenters. The third-order valence-electron chi connectivity index (χ3n) is 4.53. The van der Waals surface area contributed by atoms with Crippen LogP contribution in [-0.4, -0.2) is 46.6 Å². The average Bonchev–Trinajstić information content (AvgIpc) is 2.73. The zero-order chi connectivity index (χ0) is 17.0. The molecule has 1 amide bonds. The lowest BCUT2D eigenvalue weighted by atomic mass is 9.90. The van der Waals surface area contributed by atoms with E-state index in [0.29, 0.717) is 18.9 Å². The number of carbonyl (C=O) groups excluding carboxylic acids is 1. The molecule has 2 aliphatic rings. The number of aliphatic hydroxyl groups is 1. The van der Waals surface area contributed by atoms with Crippen molar-refractivity contribution in [3.05, 3.63) is 36.0 Å². The van der Waals surface area contributed by atoms with Gasteiger partial charge in [-0.1, -0.05) is 6.58 Å². The van der Waals surface area contributed by atoms with E-state index in [1.54, 1.807) is 4.90 Å². The molecule has 0 saturated carbocycles. The lowest BCUT2D eigenvalue weighted by Gasteiger charge is -2.41. The highest BCUT2D eigenvalue weighted by Crippen LogP contribution is 2.45. The number of anilines is 1. The summed E-state index contributed by atoms with van der Waals surface area (Å²) in [5, 5.41) is 10.8. The van der Waals surface area contributed by atoms with Crippen LogP contribution in [0.1, 0.15) is 18.1 Å². The molecule has 1 saturated heterocycles. The monoisotopic (exact) mass is 327 g/mol. The Morgan fingerprint density at radius 3 is 2.83 bits per heavy atom. The zero-order valence-corrected chi connectivity index (χ0v) is 12.5. The van der Waals surface area contributed by atoms with E-state index in [1.807, 2.05) is 0 Å². The Labute approximate surface area is 131 Å². The van der Waals surface area contributed by atoms with Gasteiger partial charge in [0.15, 0.2) is 0 Å². The molecule has 3 heterocycles. The number of piperazine rings is 1. The van der Waals surface area contributed by atoms with Crippen LogP contribution >= 0.6 is 0 Å². The standard InChI is InChI=1S/C15H16F3N3O2/c1-3-12(22)20-4-5-21-11(8-20)14(2,23)10-6-9(15(16,17)18)7-19-13(10)21/h3,6-7,11,23H,1,4-5,8H2,2H3/t11-,14?/m0/s1. The number of rotatable bonds is 1. The van der Waals surface area contributed by atoms with E-state index in [0.717, 1.165) is 12.3 Å². The van der Waals surface area contributed by atoms with E-state index in [9.17, 15) is 23.1 Å². The minimum atomic E-state index is -4.52. The molecule has 1 fully saturated rings. The summed E-state index contributed by atoms with van der Waals surface area (Å²) in [6.07, 6.45) is -2.56. The molecule has 1 N–H and O–H groups in total. The van der Waals surface area contributed by atoms with Crippen molar-refractivity contribution in [2.45, 2.75) is 24.7 Å². The zero-order valence-electron chi connectivity index (χ0n) is 12.5. The van der Waals surface area contributed by atoms with Crippen LogP contribution in [-0.2, 0) is 16.6 Å². The van der Waals surface area contributed by atoms with Crippen LogP contribution in [0.25, 0.3) is 0 Å². The SMILES string of the molecule is C=CC(=O)N1CCN2c3ncc(C(F)(F)F)cc3C(C)(O)[C@@H]2C1. The van der Waals surface area contributed by atoms with Gasteiger partial charge in [-0.05, 0) is 19.1 Å². The van der Waals surface area contributed by atoms with Gasteiger partial charge < -0.3 is 14.9 Å². The molecule has 0 bridgehead atoms. The fraction of sp³-hybridized carbons (Fsp3) is 0.467. The molecule has 2 aliphatic heterocycles. The van der Waals surface area contributed by atoms with Crippen LogP contribution in [0.4, 0.5) is 19.0 Å². The molecular formula is C15H16F3N3O2. The fourth-order valence-corrected chi connectivity index (χ4v) is 3.24. The summed E-state index contributed by atoms with van der Waals surface area (Å²) in [4.78, 5) is 19.0. The molecule has 0 spiro atoms. The minimum Gasteiger partial charge on any atom is -0.383 e. The molecule has 1 aromatic heterocycles. The number of nitrogens with zero attached hydrogens (tertiary/aromatic N) is 3. The maximum absolute atomic E-state index is 12.9. The van der Waals surface area contributed by atoms with Gasteiger partial charge in [-0.15, -0.1) is 0 Å². The smallest absolute Gasteiger partial charge is 0.383 e. The molecule has 5 nitrogen and oxygen atoms in total. The molecule has 1 aromatic rings. The number of hydrogen-bond acceptors (Lipinski definition) is 4. The second kappa shape index (κ2) is 4.95. The van der Waals surface area contributed by atoms with Gasteiger partial charge in [0.1, 0.15) is 11.4 Å². The van der Waals surface area contributed by atoms with E-state index >= 15 is 0 Å². The number of carbonyl (C=O) groups is 1. The van der Waals surface area contributed by atoms with Crippen LogP contribution in [0, 0.1) is 0 Å². The van der Waals surface area contributed by atoms with Crippen LogP contribution in [0.5, 0.6) is 0 Å². The van der Waals surface area contributed by atoms with Crippen molar-refractivity contribution in [2.24, 2.45) is 0 Å². The number of fused-ring (bicyclic) bond motifs is 3. The summed E-state index contributed by atoms with van der Waals surface area (Å²) in [6, 6.07) is 0.409. The molecule has 8 heteroatoms. The van der Waals surface area contributed by atoms with Gasteiger partial charge >= 0.3 is 6.18 Å². The maximum atomic E-state index is 12.9. The molecule has 0 aromatic carbocycles. The Hall–Kier alpha value is -2.09. The van der Waals surface area contributed by atoms with Gasteiger partial charge in [-0.2, -0.15) is 13.2 Å². The van der Waals surface area contributed by atoms with Crippen LogP contribution < -0.4 is 4.90 Å². The number of aromatic nitrogens is 1. The molecule has 23 heavy (non-hydrogen) atoms. The predicted octanol–water partition coefficient (Wildman–Crippen LogP) is 1.52. The van der Waals surface area contributed by atoms with Crippen LogP contribution in [0.15, 0.2) is 24.9 Å². The van der Waals surface area contributed by atoms with Crippen molar-refractivity contribution in [1.29, 1.82) is 0 Å². The third kappa shape index (κ3) is 2.37. The topological polar surface area (TPSA) is 56.7 Å². The Kier molecular flexibility index (Phi) is 3.40. The highest BCUT2D eigenvalue weighted by atomic mass is 19.4. The predicted molar refractivity (Wildman–Crippen MR) is 76.7 cm³/mol. The molecule has 3 rings (SSSR count). The van der Waals surface area contributed by atoms with E-state index in [4.69, 9.17) is 0 Å². The summed E-state index contributed by atoms with van der Waals surface area (Å²) in [5.41, 5.74) is -2.27. The lowest BCUT2D eigenvalue weighted by Crippen LogP contribution is -2.58. The second-order valence-corrected chi connectivity index (χ2v) is 5.94. The van der Waals surface area contributed by atoms with E-state index < -0.39 is 23.4 Å². The summed E-state index contributed by atoms with van der Waals surface area (Å²) in [5.74, 6) is 0.0825. The van der Waals surface area contributed by atoms with Crippen molar-refractivity contribution in [3.8, 4) is 0 Å². The highest BCUT2D eigenvalue weighted by Gasteiger charge is 2.51. The number of alkyl halides is 3. The number of amides is 1. The van der Waals surface area contributed by atoms with Gasteiger partial charge in [0, 0.05) is 31.4 Å². The molecule has 0 aliphatic carbocycles. The van der Waals surface area contributed by atoms with Gasteiger partial charge in [0.25, 0.3) is 0 Å². The number of pyridine rings is 1. The molecule has 0 radical (unpaired) electrons. The van der Waals surface area contributed by atoms with Crippen molar-refractivity contribution in [2.75, 3.05) is 24.5 Å². The van der Waals surface area contributed by atoms with Crippen molar-refractivity contribution < 1.29 is 23.1 Å². The van der Waals surface area contributed by atoms with Crippen molar-refractivity contribution in [3.63, 3.8) is 0 Å². The first-order valence-corrected chi connectivity index (χ1v) is 7.14. The molecular weight excluding hydrogens is 311 g/mol. The second-order valence-electron chi connectivity index (χ2n) is 5.94. The minimum absolute atomic E-state index is 0.144. The Bertz CT molecular complexity index is 672. The van der Waals surface area contributed by atoms with Crippen LogP contribution in [0.2, 0.25) is 0 Å². The van der Waals surface area contributed by atoms with Crippen molar-refractivity contribution in [1.82, 2.24) is 9.88 Å². The quantitative estimate of drug-likeness (QED) is 0.795. The van der Waals surface area contributed by atoms with Gasteiger partial charge in [-0.3, -0.25) is 4.79 Å². The van der Waals surface area contributed by atoms with Crippen LogP contribution in [0.3, 0.4) is 0 Å². The Morgan fingerprint density at radius 1 is 1.52 bits per heavy atom. The summed E-state index contributed by atoms with van der Waals surface area (Å²) < 4.78 is 38.7. The van der Waals surface area contributed by atoms with Crippen molar-refractivity contribution >= 4 is 11.7 Å². The highest BCUT2D eigenvalue weighted by molar-refractivity contribution is 5.87. The van der Waals surface area contributed by atoms with E-state index in [1.165, 1.54) is 17.9 Å². The van der Waals surface area contributed by atoms with Gasteiger partial charge in [0.2, 0.25) is 5.91 Å². The molecule has 124 valence electrons. The number of halogens is 3. The Morgan fingerprint density at radius 2 is 2.22 bits per heavy atom. The Balaban J connectivity index is 1.99. The lowest BCUT2D eigenvalue weighted by molar-refractivity contribution is -0.138. The summed E-state index contributed by atoms with van der Waals surface area (Å²) in [6.45, 7) is 5.89. The first-order chi connectivity index (χ1) is 10.7. The first-order valence-electron chi connectivity index (χ1n) is 7.14. The first kappa shape index (κ1) is 15.8. The molecule has 2 atom stereocenters. The van der Waals surface area contributed by atoms with E-state index in [-0.39, 0.29) is 18.0 Å². The fourth-order valence-electron chi connectivity index (χ4n) is 3.24.